The number of hydrogen-bond acceptors (Lipinski definition) is 3. The Morgan fingerprint density at radius 2 is 2.11 bits per heavy atom. The van der Waals surface area contributed by atoms with Gasteiger partial charge in [0, 0.05) is 25.8 Å². The molecule has 1 amide bonds. The summed E-state index contributed by atoms with van der Waals surface area (Å²) in [6.07, 6.45) is 7.57. The van der Waals surface area contributed by atoms with Crippen molar-refractivity contribution in [2.45, 2.75) is 57.9 Å². The highest BCUT2D eigenvalue weighted by Gasteiger charge is 2.39. The highest BCUT2D eigenvalue weighted by molar-refractivity contribution is 5.83. The first kappa shape index (κ1) is 14.8. The monoisotopic (exact) mass is 268 g/mol. The predicted molar refractivity (Wildman–Crippen MR) is 75.7 cm³/mol. The molecule has 0 spiro atoms. The van der Waals surface area contributed by atoms with Crippen LogP contribution in [0, 0.1) is 11.3 Å². The van der Waals surface area contributed by atoms with Crippen molar-refractivity contribution in [2.24, 2.45) is 17.1 Å². The first-order valence-electron chi connectivity index (χ1n) is 7.79. The van der Waals surface area contributed by atoms with E-state index >= 15 is 0 Å². The summed E-state index contributed by atoms with van der Waals surface area (Å²) in [6.45, 7) is 4.00. The Balaban J connectivity index is 1.91. The molecule has 110 valence electrons. The molecule has 19 heavy (non-hydrogen) atoms. The molecule has 2 unspecified atom stereocenters. The van der Waals surface area contributed by atoms with Gasteiger partial charge in [0.1, 0.15) is 0 Å². The summed E-state index contributed by atoms with van der Waals surface area (Å²) in [4.78, 5) is 12.6. The first-order valence-corrected chi connectivity index (χ1v) is 7.79. The van der Waals surface area contributed by atoms with Crippen LogP contribution in [0.1, 0.15) is 51.9 Å². The van der Waals surface area contributed by atoms with Crippen LogP contribution in [0.5, 0.6) is 0 Å². The van der Waals surface area contributed by atoms with E-state index in [0.29, 0.717) is 25.8 Å². The van der Waals surface area contributed by atoms with Crippen molar-refractivity contribution in [3.63, 3.8) is 0 Å². The summed E-state index contributed by atoms with van der Waals surface area (Å²) in [5, 5.41) is 3.27. The van der Waals surface area contributed by atoms with Gasteiger partial charge in [-0.25, -0.2) is 0 Å². The number of amides is 1. The van der Waals surface area contributed by atoms with Gasteiger partial charge in [0.15, 0.2) is 0 Å². The second-order valence-electron chi connectivity index (χ2n) is 6.21. The fourth-order valence-electron chi connectivity index (χ4n) is 3.42. The smallest absolute Gasteiger partial charge is 0.227 e. The van der Waals surface area contributed by atoms with Gasteiger partial charge in [-0.15, -0.1) is 0 Å². The number of nitrogens with one attached hydrogen (secondary N) is 1. The molecule has 4 heteroatoms. The molecule has 1 saturated carbocycles. The van der Waals surface area contributed by atoms with Gasteiger partial charge in [-0.2, -0.15) is 0 Å². The van der Waals surface area contributed by atoms with E-state index in [4.69, 9.17) is 10.5 Å². The van der Waals surface area contributed by atoms with Crippen LogP contribution >= 0.6 is 0 Å². The van der Waals surface area contributed by atoms with Gasteiger partial charge in [0.05, 0.1) is 5.41 Å². The van der Waals surface area contributed by atoms with Crippen LogP contribution in [0.2, 0.25) is 0 Å². The normalized spacial score (nSPS) is 30.8. The summed E-state index contributed by atoms with van der Waals surface area (Å²) in [5.74, 6) is 0.947. The summed E-state index contributed by atoms with van der Waals surface area (Å²) in [5.41, 5.74) is 5.50. The Bertz CT molecular complexity index is 301. The molecule has 1 saturated heterocycles. The Morgan fingerprint density at radius 1 is 1.37 bits per heavy atom. The molecule has 2 atom stereocenters. The zero-order valence-corrected chi connectivity index (χ0v) is 12.1. The maximum atomic E-state index is 12.6. The molecule has 1 aliphatic heterocycles. The fourth-order valence-corrected chi connectivity index (χ4v) is 3.42. The largest absolute Gasteiger partial charge is 0.381 e. The van der Waals surface area contributed by atoms with Gasteiger partial charge in [-0.3, -0.25) is 4.79 Å². The third kappa shape index (κ3) is 3.48. The minimum atomic E-state index is -0.378. The minimum Gasteiger partial charge on any atom is -0.381 e. The molecule has 1 heterocycles. The van der Waals surface area contributed by atoms with E-state index in [1.807, 2.05) is 0 Å². The van der Waals surface area contributed by atoms with Gasteiger partial charge in [0.25, 0.3) is 0 Å². The van der Waals surface area contributed by atoms with E-state index in [0.717, 1.165) is 31.6 Å². The van der Waals surface area contributed by atoms with Crippen LogP contribution < -0.4 is 11.1 Å². The van der Waals surface area contributed by atoms with Crippen molar-refractivity contribution in [3.05, 3.63) is 0 Å². The number of ether oxygens (including phenoxy) is 1. The lowest BCUT2D eigenvalue weighted by molar-refractivity contribution is -0.137. The molecule has 0 aromatic rings. The second-order valence-corrected chi connectivity index (χ2v) is 6.21. The molecule has 1 aliphatic carbocycles. The zero-order chi connectivity index (χ0) is 13.7. The fraction of sp³-hybridized carbons (Fsp3) is 0.933. The SMILES string of the molecule is CCC1CCCC(NC(=O)C2(CN)CCOCC2)C1. The molecule has 3 N–H and O–H groups in total. The number of rotatable bonds is 4. The van der Waals surface area contributed by atoms with Gasteiger partial charge >= 0.3 is 0 Å². The van der Waals surface area contributed by atoms with Crippen LogP contribution in [0.25, 0.3) is 0 Å². The standard InChI is InChI=1S/C15H28N2O2/c1-2-12-4-3-5-13(10-12)17-14(18)15(11-16)6-8-19-9-7-15/h12-13H,2-11,16H2,1H3,(H,17,18). The molecule has 0 bridgehead atoms. The van der Waals surface area contributed by atoms with E-state index < -0.39 is 0 Å². The van der Waals surface area contributed by atoms with Crippen molar-refractivity contribution in [1.82, 2.24) is 5.32 Å². The summed E-state index contributed by atoms with van der Waals surface area (Å²) in [6, 6.07) is 0.359. The molecule has 0 aromatic carbocycles. The molecular formula is C15H28N2O2. The van der Waals surface area contributed by atoms with Crippen molar-refractivity contribution in [2.75, 3.05) is 19.8 Å². The third-order valence-corrected chi connectivity index (χ3v) is 5.02. The molecule has 0 aromatic heterocycles. The average molecular weight is 268 g/mol. The van der Waals surface area contributed by atoms with E-state index in [9.17, 15) is 4.79 Å². The third-order valence-electron chi connectivity index (χ3n) is 5.02. The lowest BCUT2D eigenvalue weighted by Crippen LogP contribution is -2.52. The van der Waals surface area contributed by atoms with Crippen LogP contribution in [0.4, 0.5) is 0 Å². The first-order chi connectivity index (χ1) is 9.20. The Hall–Kier alpha value is -0.610. The number of carbonyl (C=O) groups is 1. The number of nitrogens with two attached hydrogens (primary N) is 1. The summed E-state index contributed by atoms with van der Waals surface area (Å²) in [7, 11) is 0. The van der Waals surface area contributed by atoms with Crippen molar-refractivity contribution in [1.29, 1.82) is 0 Å². The molecule has 0 radical (unpaired) electrons. The Labute approximate surface area is 116 Å². The Kier molecular flexibility index (Phi) is 5.22. The number of carbonyl (C=O) groups excluding carboxylic acids is 1. The van der Waals surface area contributed by atoms with E-state index in [1.54, 1.807) is 0 Å². The molecule has 4 nitrogen and oxygen atoms in total. The average Bonchev–Trinajstić information content (AvgIpc) is 2.48. The van der Waals surface area contributed by atoms with Gasteiger partial charge < -0.3 is 15.8 Å². The lowest BCUT2D eigenvalue weighted by atomic mass is 9.78. The maximum absolute atomic E-state index is 12.6. The molecule has 2 fully saturated rings. The van der Waals surface area contributed by atoms with Gasteiger partial charge in [-0.05, 0) is 31.6 Å². The molecule has 2 aliphatic rings. The van der Waals surface area contributed by atoms with E-state index in [-0.39, 0.29) is 11.3 Å². The van der Waals surface area contributed by atoms with Crippen LogP contribution in [-0.2, 0) is 9.53 Å². The van der Waals surface area contributed by atoms with Crippen LogP contribution in [-0.4, -0.2) is 31.7 Å². The summed E-state index contributed by atoms with van der Waals surface area (Å²) < 4.78 is 5.37. The maximum Gasteiger partial charge on any atom is 0.227 e. The van der Waals surface area contributed by atoms with Gasteiger partial charge in [0.2, 0.25) is 5.91 Å². The zero-order valence-electron chi connectivity index (χ0n) is 12.1. The van der Waals surface area contributed by atoms with Crippen molar-refractivity contribution >= 4 is 5.91 Å². The van der Waals surface area contributed by atoms with Gasteiger partial charge in [-0.1, -0.05) is 26.2 Å². The topological polar surface area (TPSA) is 64.4 Å². The Morgan fingerprint density at radius 3 is 2.74 bits per heavy atom. The van der Waals surface area contributed by atoms with Crippen molar-refractivity contribution in [3.8, 4) is 0 Å². The van der Waals surface area contributed by atoms with Crippen molar-refractivity contribution < 1.29 is 9.53 Å². The molecule has 2 rings (SSSR count). The van der Waals surface area contributed by atoms with Crippen LogP contribution in [0.3, 0.4) is 0 Å². The molecular weight excluding hydrogens is 240 g/mol. The highest BCUT2D eigenvalue weighted by atomic mass is 16.5. The predicted octanol–water partition coefficient (Wildman–Crippen LogP) is 1.83. The minimum absolute atomic E-state index is 0.167. The van der Waals surface area contributed by atoms with Crippen LogP contribution in [0.15, 0.2) is 0 Å². The van der Waals surface area contributed by atoms with E-state index in [2.05, 4.69) is 12.2 Å². The van der Waals surface area contributed by atoms with E-state index in [1.165, 1.54) is 19.3 Å². The highest BCUT2D eigenvalue weighted by Crippen LogP contribution is 2.31. The number of hydrogen-bond donors (Lipinski definition) is 2. The second kappa shape index (κ2) is 6.71. The lowest BCUT2D eigenvalue weighted by Gasteiger charge is -2.37. The summed E-state index contributed by atoms with van der Waals surface area (Å²) >= 11 is 0. The quantitative estimate of drug-likeness (QED) is 0.817.